The third-order valence-electron chi connectivity index (χ3n) is 5.01. The molecule has 1 saturated heterocycles. The van der Waals surface area contributed by atoms with Crippen molar-refractivity contribution < 1.29 is 19.0 Å². The molecule has 0 aliphatic carbocycles. The van der Waals surface area contributed by atoms with E-state index in [1.54, 1.807) is 17.0 Å². The van der Waals surface area contributed by atoms with Crippen molar-refractivity contribution in [2.45, 2.75) is 18.9 Å². The highest BCUT2D eigenvalue weighted by molar-refractivity contribution is 7.22. The van der Waals surface area contributed by atoms with Gasteiger partial charge < -0.3 is 14.2 Å². The van der Waals surface area contributed by atoms with Gasteiger partial charge in [0.05, 0.1) is 27.9 Å². The van der Waals surface area contributed by atoms with Gasteiger partial charge in [-0.25, -0.2) is 4.98 Å². The zero-order valence-corrected chi connectivity index (χ0v) is 17.2. The van der Waals surface area contributed by atoms with Gasteiger partial charge in [0.25, 0.3) is 5.91 Å². The number of ether oxygens (including phenoxy) is 3. The van der Waals surface area contributed by atoms with Crippen LogP contribution >= 0.6 is 22.9 Å². The van der Waals surface area contributed by atoms with Crippen LogP contribution in [0.4, 0.5) is 5.13 Å². The van der Waals surface area contributed by atoms with Crippen molar-refractivity contribution in [2.24, 2.45) is 0 Å². The molecular weight excluding hydrogens is 412 g/mol. The first-order valence-electron chi connectivity index (χ1n) is 9.57. The van der Waals surface area contributed by atoms with Gasteiger partial charge in [0, 0.05) is 12.2 Å². The van der Waals surface area contributed by atoms with Crippen LogP contribution < -0.4 is 14.4 Å². The van der Waals surface area contributed by atoms with Gasteiger partial charge in [0.15, 0.2) is 16.6 Å². The minimum atomic E-state index is -0.182. The smallest absolute Gasteiger partial charge is 0.260 e. The Hall–Kier alpha value is -2.35. The largest absolute Gasteiger partial charge is 0.486 e. The molecule has 2 aromatic carbocycles. The highest BCUT2D eigenvalue weighted by atomic mass is 35.5. The van der Waals surface area contributed by atoms with E-state index < -0.39 is 0 Å². The van der Waals surface area contributed by atoms with Crippen LogP contribution in [-0.4, -0.2) is 43.4 Å². The summed E-state index contributed by atoms with van der Waals surface area (Å²) < 4.78 is 18.0. The third-order valence-corrected chi connectivity index (χ3v) is 6.35. The van der Waals surface area contributed by atoms with E-state index in [9.17, 15) is 4.79 Å². The molecule has 2 aliphatic heterocycles. The second-order valence-corrected chi connectivity index (χ2v) is 8.41. The van der Waals surface area contributed by atoms with Crippen LogP contribution in [-0.2, 0) is 4.74 Å². The molecule has 0 spiro atoms. The molecule has 0 bridgehead atoms. The lowest BCUT2D eigenvalue weighted by molar-refractivity contribution is 0.0916. The fraction of sp³-hybridized carbons (Fsp3) is 0.333. The fourth-order valence-corrected chi connectivity index (χ4v) is 4.84. The Morgan fingerprint density at radius 2 is 2.07 bits per heavy atom. The van der Waals surface area contributed by atoms with Crippen molar-refractivity contribution in [3.05, 3.63) is 47.0 Å². The quantitative estimate of drug-likeness (QED) is 0.607. The van der Waals surface area contributed by atoms with E-state index in [1.807, 2.05) is 24.3 Å². The normalized spacial score (nSPS) is 18.2. The Morgan fingerprint density at radius 3 is 2.90 bits per heavy atom. The highest BCUT2D eigenvalue weighted by Crippen LogP contribution is 2.39. The minimum absolute atomic E-state index is 0.00125. The Labute approximate surface area is 177 Å². The number of hydrogen-bond donors (Lipinski definition) is 0. The van der Waals surface area contributed by atoms with Crippen molar-refractivity contribution in [3.63, 3.8) is 0 Å². The highest BCUT2D eigenvalue weighted by Gasteiger charge is 2.29. The van der Waals surface area contributed by atoms with E-state index in [2.05, 4.69) is 0 Å². The standard InChI is InChI=1S/C21H19ClN2O4S/c22-15-10-13(11-17-19(15)28-9-8-27-17)20(25)24(12-14-4-3-7-26-14)21-23-16-5-1-2-6-18(16)29-21/h1-2,5-6,10-11,14H,3-4,7-9,12H2/t14-/m1/s1. The molecule has 29 heavy (non-hydrogen) atoms. The van der Waals surface area contributed by atoms with E-state index >= 15 is 0 Å². The number of nitrogens with zero attached hydrogens (tertiary/aromatic N) is 2. The number of para-hydroxylation sites is 1. The Morgan fingerprint density at radius 1 is 1.21 bits per heavy atom. The molecule has 6 nitrogen and oxygen atoms in total. The topological polar surface area (TPSA) is 60.9 Å². The molecule has 5 rings (SSSR count). The molecular formula is C21H19ClN2O4S. The first-order chi connectivity index (χ1) is 14.2. The Balaban J connectivity index is 1.53. The summed E-state index contributed by atoms with van der Waals surface area (Å²) in [5.41, 5.74) is 1.31. The number of aromatic nitrogens is 1. The summed E-state index contributed by atoms with van der Waals surface area (Å²) in [4.78, 5) is 19.9. The number of fused-ring (bicyclic) bond motifs is 2. The van der Waals surface area contributed by atoms with E-state index in [1.165, 1.54) is 11.3 Å². The summed E-state index contributed by atoms with van der Waals surface area (Å²) in [6, 6.07) is 11.2. The molecule has 0 radical (unpaired) electrons. The van der Waals surface area contributed by atoms with Crippen molar-refractivity contribution in [3.8, 4) is 11.5 Å². The predicted molar refractivity (Wildman–Crippen MR) is 113 cm³/mol. The van der Waals surface area contributed by atoms with E-state index in [0.717, 1.165) is 29.7 Å². The lowest BCUT2D eigenvalue weighted by Gasteiger charge is -2.24. The number of amides is 1. The van der Waals surface area contributed by atoms with Crippen LogP contribution in [0.3, 0.4) is 0 Å². The van der Waals surface area contributed by atoms with Crippen LogP contribution in [0.2, 0.25) is 5.02 Å². The number of anilines is 1. The molecule has 1 aromatic heterocycles. The first-order valence-corrected chi connectivity index (χ1v) is 10.8. The third kappa shape index (κ3) is 3.66. The van der Waals surface area contributed by atoms with Crippen LogP contribution in [0.1, 0.15) is 23.2 Å². The van der Waals surface area contributed by atoms with Crippen LogP contribution in [0.5, 0.6) is 11.5 Å². The summed E-state index contributed by atoms with van der Waals surface area (Å²) in [5.74, 6) is 0.798. The van der Waals surface area contributed by atoms with Crippen LogP contribution in [0.25, 0.3) is 10.2 Å². The molecule has 1 amide bonds. The molecule has 0 N–H and O–H groups in total. The van der Waals surface area contributed by atoms with Gasteiger partial charge in [-0.15, -0.1) is 0 Å². The van der Waals surface area contributed by atoms with Gasteiger partial charge in [0.2, 0.25) is 0 Å². The lowest BCUT2D eigenvalue weighted by Crippen LogP contribution is -2.37. The molecule has 0 saturated carbocycles. The van der Waals surface area contributed by atoms with Crippen molar-refractivity contribution >= 4 is 44.2 Å². The van der Waals surface area contributed by atoms with E-state index in [4.69, 9.17) is 30.8 Å². The Kier molecular flexibility index (Phi) is 5.03. The molecule has 150 valence electrons. The minimum Gasteiger partial charge on any atom is -0.486 e. The number of hydrogen-bond acceptors (Lipinski definition) is 6. The number of rotatable bonds is 4. The van der Waals surface area contributed by atoms with Crippen molar-refractivity contribution in [1.29, 1.82) is 0 Å². The average molecular weight is 431 g/mol. The number of carbonyl (C=O) groups excluding carboxylic acids is 1. The number of carbonyl (C=O) groups is 1. The number of thiazole rings is 1. The van der Waals surface area contributed by atoms with Gasteiger partial charge in [-0.1, -0.05) is 35.1 Å². The average Bonchev–Trinajstić information content (AvgIpc) is 3.41. The SMILES string of the molecule is O=C(c1cc(Cl)c2c(c1)OCCO2)N(C[C@H]1CCCO1)c1nc2ccccc2s1. The van der Waals surface area contributed by atoms with Gasteiger partial charge in [0.1, 0.15) is 13.2 Å². The van der Waals surface area contributed by atoms with Gasteiger partial charge in [-0.2, -0.15) is 0 Å². The second-order valence-electron chi connectivity index (χ2n) is 7.00. The summed E-state index contributed by atoms with van der Waals surface area (Å²) >= 11 is 7.86. The predicted octanol–water partition coefficient (Wildman–Crippen LogP) is 4.55. The summed E-state index contributed by atoms with van der Waals surface area (Å²) in [6.07, 6.45) is 1.93. The molecule has 8 heteroatoms. The lowest BCUT2D eigenvalue weighted by atomic mass is 10.1. The first kappa shape index (κ1) is 18.7. The van der Waals surface area contributed by atoms with Crippen LogP contribution in [0, 0.1) is 0 Å². The zero-order chi connectivity index (χ0) is 19.8. The molecule has 2 aliphatic rings. The fourth-order valence-electron chi connectivity index (χ4n) is 3.61. The summed E-state index contributed by atoms with van der Waals surface area (Å²) in [5, 5.41) is 1.02. The van der Waals surface area contributed by atoms with Crippen LogP contribution in [0.15, 0.2) is 36.4 Å². The number of halogens is 1. The summed E-state index contributed by atoms with van der Waals surface area (Å²) in [7, 11) is 0. The van der Waals surface area contributed by atoms with Crippen molar-refractivity contribution in [1.82, 2.24) is 4.98 Å². The molecule has 1 fully saturated rings. The van der Waals surface area contributed by atoms with Gasteiger partial charge in [-0.05, 0) is 37.1 Å². The van der Waals surface area contributed by atoms with E-state index in [0.29, 0.717) is 47.0 Å². The summed E-state index contributed by atoms with van der Waals surface area (Å²) in [6.45, 7) is 2.04. The maximum atomic E-state index is 13.5. The second kappa shape index (κ2) is 7.82. The van der Waals surface area contributed by atoms with Gasteiger partial charge >= 0.3 is 0 Å². The molecule has 1 atom stereocenters. The zero-order valence-electron chi connectivity index (χ0n) is 15.6. The monoisotopic (exact) mass is 430 g/mol. The molecule has 3 heterocycles. The maximum absolute atomic E-state index is 13.5. The Bertz CT molecular complexity index is 1030. The molecule has 3 aromatic rings. The van der Waals surface area contributed by atoms with Gasteiger partial charge in [-0.3, -0.25) is 9.69 Å². The maximum Gasteiger partial charge on any atom is 0.260 e. The molecule has 0 unspecified atom stereocenters. The number of benzene rings is 2. The van der Waals surface area contributed by atoms with E-state index in [-0.39, 0.29) is 12.0 Å². The van der Waals surface area contributed by atoms with Crippen molar-refractivity contribution in [2.75, 3.05) is 31.3 Å².